The Morgan fingerprint density at radius 2 is 1.71 bits per heavy atom. The molecule has 0 radical (unpaired) electrons. The van der Waals surface area contributed by atoms with Gasteiger partial charge in [-0.1, -0.05) is 19.3 Å². The van der Waals surface area contributed by atoms with E-state index in [0.717, 1.165) is 12.3 Å². The summed E-state index contributed by atoms with van der Waals surface area (Å²) in [5.41, 5.74) is 1.50. The van der Waals surface area contributed by atoms with Gasteiger partial charge >= 0.3 is 0 Å². The van der Waals surface area contributed by atoms with Gasteiger partial charge in [0.15, 0.2) is 0 Å². The Bertz CT molecular complexity index is 193. The summed E-state index contributed by atoms with van der Waals surface area (Å²) in [7, 11) is 0. The molecule has 0 spiro atoms. The summed E-state index contributed by atoms with van der Waals surface area (Å²) in [4.78, 5) is 0. The molecule has 0 unspecified atom stereocenters. The van der Waals surface area contributed by atoms with Crippen LogP contribution in [-0.4, -0.2) is 0 Å². The van der Waals surface area contributed by atoms with Gasteiger partial charge in [0.1, 0.15) is 0 Å². The zero-order valence-corrected chi connectivity index (χ0v) is 12.4. The maximum absolute atomic E-state index is 3.43. The fourth-order valence-corrected chi connectivity index (χ4v) is 2.12. The summed E-state index contributed by atoms with van der Waals surface area (Å²) < 4.78 is 0. The second-order valence-electron chi connectivity index (χ2n) is 3.57. The summed E-state index contributed by atoms with van der Waals surface area (Å²) in [5.74, 6) is 0.863. The van der Waals surface area contributed by atoms with E-state index in [4.69, 9.17) is 0 Å². The quantitative estimate of drug-likeness (QED) is 0.640. The van der Waals surface area contributed by atoms with E-state index in [9.17, 15) is 0 Å². The van der Waals surface area contributed by atoms with Gasteiger partial charge in [0.05, 0.1) is 0 Å². The molecular formula is C11H17Cl2Zr-. The van der Waals surface area contributed by atoms with E-state index >= 15 is 0 Å². The van der Waals surface area contributed by atoms with Crippen molar-refractivity contribution < 1.29 is 26.2 Å². The molecule has 80 valence electrons. The van der Waals surface area contributed by atoms with Crippen molar-refractivity contribution in [2.45, 2.75) is 38.5 Å². The van der Waals surface area contributed by atoms with Gasteiger partial charge in [0.2, 0.25) is 0 Å². The summed E-state index contributed by atoms with van der Waals surface area (Å²) in [6, 6.07) is 0. The SMILES string of the molecule is Cl.Cl.[C-]1=C(C2CCCCC2)C=CC1.[Zr]. The molecule has 0 saturated heterocycles. The van der Waals surface area contributed by atoms with Gasteiger partial charge in [-0.2, -0.15) is 6.08 Å². The summed E-state index contributed by atoms with van der Waals surface area (Å²) in [6.07, 6.45) is 16.1. The van der Waals surface area contributed by atoms with Gasteiger partial charge in [-0.15, -0.1) is 31.2 Å². The van der Waals surface area contributed by atoms with Crippen LogP contribution in [0.4, 0.5) is 0 Å². The molecular weight excluding hydrogens is 294 g/mol. The molecule has 0 nitrogen and oxygen atoms in total. The van der Waals surface area contributed by atoms with Crippen LogP contribution in [0.1, 0.15) is 38.5 Å². The molecule has 1 fully saturated rings. The Kier molecular flexibility index (Phi) is 11.4. The standard InChI is InChI=1S/C11H15.2ClH.Zr/c1-2-6-10(7-3-1)11-8-4-5-9-11;;;/h4,8,10H,1-3,5-7H2;2*1H;/q-1;;;. The van der Waals surface area contributed by atoms with Gasteiger partial charge in [-0.25, -0.2) is 11.6 Å². The Morgan fingerprint density at radius 1 is 1.07 bits per heavy atom. The molecule has 2 aliphatic carbocycles. The maximum atomic E-state index is 3.43. The molecule has 0 aromatic carbocycles. The van der Waals surface area contributed by atoms with Crippen molar-refractivity contribution in [3.05, 3.63) is 23.8 Å². The minimum Gasteiger partial charge on any atom is -0.269 e. The largest absolute Gasteiger partial charge is 0.269 e. The van der Waals surface area contributed by atoms with Crippen molar-refractivity contribution in [3.8, 4) is 0 Å². The van der Waals surface area contributed by atoms with Crippen LogP contribution in [0.3, 0.4) is 0 Å². The van der Waals surface area contributed by atoms with Gasteiger partial charge in [0.25, 0.3) is 0 Å². The van der Waals surface area contributed by atoms with E-state index in [0.29, 0.717) is 0 Å². The van der Waals surface area contributed by atoms with Crippen molar-refractivity contribution >= 4 is 24.8 Å². The van der Waals surface area contributed by atoms with Crippen LogP contribution in [0.15, 0.2) is 17.7 Å². The van der Waals surface area contributed by atoms with Crippen molar-refractivity contribution in [1.29, 1.82) is 0 Å². The zero-order valence-electron chi connectivity index (χ0n) is 8.29. The molecule has 0 heterocycles. The van der Waals surface area contributed by atoms with Crippen molar-refractivity contribution in [2.75, 3.05) is 0 Å². The molecule has 0 atom stereocenters. The number of halogens is 2. The van der Waals surface area contributed by atoms with Crippen molar-refractivity contribution in [2.24, 2.45) is 5.92 Å². The number of hydrogen-bond acceptors (Lipinski definition) is 0. The Balaban J connectivity index is 0. The third-order valence-electron chi connectivity index (χ3n) is 2.77. The van der Waals surface area contributed by atoms with Gasteiger partial charge in [0, 0.05) is 26.2 Å². The first-order valence-corrected chi connectivity index (χ1v) is 4.74. The molecule has 0 aliphatic heterocycles. The first-order valence-electron chi connectivity index (χ1n) is 4.74. The Hall–Kier alpha value is 0.943. The van der Waals surface area contributed by atoms with E-state index in [1.807, 2.05) is 0 Å². The van der Waals surface area contributed by atoms with E-state index in [1.54, 1.807) is 0 Å². The van der Waals surface area contributed by atoms with Crippen molar-refractivity contribution in [1.82, 2.24) is 0 Å². The van der Waals surface area contributed by atoms with E-state index in [1.165, 1.54) is 37.7 Å². The van der Waals surface area contributed by atoms with Crippen LogP contribution in [0.5, 0.6) is 0 Å². The average Bonchev–Trinajstić information content (AvgIpc) is 2.58. The van der Waals surface area contributed by atoms with Crippen LogP contribution in [0.2, 0.25) is 0 Å². The van der Waals surface area contributed by atoms with Crippen LogP contribution in [0.25, 0.3) is 0 Å². The third kappa shape index (κ3) is 4.64. The molecule has 1 saturated carbocycles. The Morgan fingerprint density at radius 3 is 2.21 bits per heavy atom. The molecule has 3 heteroatoms. The summed E-state index contributed by atoms with van der Waals surface area (Å²) in [5, 5.41) is 0. The molecule has 2 rings (SSSR count). The van der Waals surface area contributed by atoms with Gasteiger partial charge in [-0.05, 0) is 18.8 Å². The third-order valence-corrected chi connectivity index (χ3v) is 2.77. The molecule has 0 aromatic heterocycles. The van der Waals surface area contributed by atoms with Crippen LogP contribution >= 0.6 is 24.8 Å². The maximum Gasteiger partial charge on any atom is 0 e. The first-order chi connectivity index (χ1) is 5.47. The molecule has 0 aromatic rings. The number of hydrogen-bond donors (Lipinski definition) is 0. The minimum atomic E-state index is 0. The van der Waals surface area contributed by atoms with Crippen LogP contribution in [-0.2, 0) is 26.2 Å². The Labute approximate surface area is 119 Å². The van der Waals surface area contributed by atoms with E-state index < -0.39 is 0 Å². The number of rotatable bonds is 1. The molecule has 0 amide bonds. The second-order valence-corrected chi connectivity index (χ2v) is 3.57. The predicted molar refractivity (Wildman–Crippen MR) is 61.6 cm³/mol. The predicted octanol–water partition coefficient (Wildman–Crippen LogP) is 4.10. The fraction of sp³-hybridized carbons (Fsp3) is 0.636. The van der Waals surface area contributed by atoms with E-state index in [-0.39, 0.29) is 51.0 Å². The van der Waals surface area contributed by atoms with Gasteiger partial charge in [-0.3, -0.25) is 6.08 Å². The topological polar surface area (TPSA) is 0 Å². The summed E-state index contributed by atoms with van der Waals surface area (Å²) >= 11 is 0. The average molecular weight is 311 g/mol. The van der Waals surface area contributed by atoms with Crippen molar-refractivity contribution in [3.63, 3.8) is 0 Å². The monoisotopic (exact) mass is 309 g/mol. The second kappa shape index (κ2) is 9.19. The first kappa shape index (κ1) is 17.3. The fourth-order valence-electron chi connectivity index (χ4n) is 2.12. The van der Waals surface area contributed by atoms with E-state index in [2.05, 4.69) is 18.2 Å². The summed E-state index contributed by atoms with van der Waals surface area (Å²) in [6.45, 7) is 0. The zero-order chi connectivity index (χ0) is 7.52. The van der Waals surface area contributed by atoms with Crippen LogP contribution < -0.4 is 0 Å². The minimum absolute atomic E-state index is 0. The van der Waals surface area contributed by atoms with Crippen LogP contribution in [0, 0.1) is 12.0 Å². The molecule has 2 aliphatic rings. The molecule has 14 heavy (non-hydrogen) atoms. The smallest absolute Gasteiger partial charge is 0 e. The van der Waals surface area contributed by atoms with Gasteiger partial charge < -0.3 is 0 Å². The molecule has 0 bridgehead atoms. The normalized spacial score (nSPS) is 20.1. The number of allylic oxidation sites excluding steroid dienone is 4. The molecule has 0 N–H and O–H groups in total.